The summed E-state index contributed by atoms with van der Waals surface area (Å²) in [5.74, 6) is 0.768. The van der Waals surface area contributed by atoms with Crippen LogP contribution in [0.3, 0.4) is 0 Å². The summed E-state index contributed by atoms with van der Waals surface area (Å²) in [6, 6.07) is 10.3. The average Bonchev–Trinajstić information content (AvgIpc) is 2.82. The van der Waals surface area contributed by atoms with E-state index in [4.69, 9.17) is 5.73 Å². The molecule has 1 aliphatic heterocycles. The minimum absolute atomic E-state index is 0.455. The molecule has 4 nitrogen and oxygen atoms in total. The number of hydrogen-bond donors (Lipinski definition) is 1. The Kier molecular flexibility index (Phi) is 2.49. The fourth-order valence-electron chi connectivity index (χ4n) is 2.13. The second-order valence-corrected chi connectivity index (χ2v) is 4.18. The lowest BCUT2D eigenvalue weighted by molar-refractivity contribution is 0.812. The monoisotopic (exact) mass is 226 g/mol. The van der Waals surface area contributed by atoms with E-state index in [2.05, 4.69) is 39.1 Å². The molecule has 4 heteroatoms. The van der Waals surface area contributed by atoms with Crippen LogP contribution in [0.25, 0.3) is 0 Å². The molecular formula is C13H14N4. The van der Waals surface area contributed by atoms with E-state index in [1.54, 1.807) is 6.20 Å². The topological polar surface area (TPSA) is 55.0 Å². The molecule has 0 aliphatic carbocycles. The first-order valence-electron chi connectivity index (χ1n) is 5.70. The van der Waals surface area contributed by atoms with Crippen molar-refractivity contribution in [3.05, 3.63) is 53.3 Å². The van der Waals surface area contributed by atoms with E-state index in [1.807, 2.05) is 6.07 Å². The third-order valence-electron chi connectivity index (χ3n) is 3.03. The summed E-state index contributed by atoms with van der Waals surface area (Å²) < 4.78 is 0. The predicted octanol–water partition coefficient (Wildman–Crippen LogP) is 1.46. The first-order chi connectivity index (χ1) is 8.36. The van der Waals surface area contributed by atoms with Gasteiger partial charge in [-0.2, -0.15) is 0 Å². The van der Waals surface area contributed by atoms with Crippen molar-refractivity contribution < 1.29 is 0 Å². The van der Waals surface area contributed by atoms with Gasteiger partial charge in [-0.1, -0.05) is 24.3 Å². The van der Waals surface area contributed by atoms with E-state index in [0.29, 0.717) is 6.54 Å². The molecule has 1 aliphatic rings. The van der Waals surface area contributed by atoms with Crippen LogP contribution in [0.1, 0.15) is 16.8 Å². The SMILES string of the molecule is NCc1ccnc(N2Cc3ccccc3C2)n1. The normalized spacial score (nSPS) is 13.8. The number of nitrogens with zero attached hydrogens (tertiary/aromatic N) is 3. The molecule has 3 rings (SSSR count). The van der Waals surface area contributed by atoms with Crippen LogP contribution in [0, 0.1) is 0 Å². The van der Waals surface area contributed by atoms with Gasteiger partial charge in [0.2, 0.25) is 5.95 Å². The van der Waals surface area contributed by atoms with Crippen LogP contribution in [0.2, 0.25) is 0 Å². The van der Waals surface area contributed by atoms with E-state index in [-0.39, 0.29) is 0 Å². The highest BCUT2D eigenvalue weighted by Gasteiger charge is 2.20. The van der Waals surface area contributed by atoms with E-state index in [0.717, 1.165) is 24.7 Å². The lowest BCUT2D eigenvalue weighted by atomic mass is 10.1. The van der Waals surface area contributed by atoms with E-state index in [1.165, 1.54) is 11.1 Å². The van der Waals surface area contributed by atoms with Crippen molar-refractivity contribution in [2.45, 2.75) is 19.6 Å². The molecule has 0 spiro atoms. The average molecular weight is 226 g/mol. The molecule has 0 radical (unpaired) electrons. The van der Waals surface area contributed by atoms with Crippen LogP contribution in [-0.2, 0) is 19.6 Å². The number of aromatic nitrogens is 2. The third-order valence-corrected chi connectivity index (χ3v) is 3.03. The van der Waals surface area contributed by atoms with E-state index in [9.17, 15) is 0 Å². The zero-order valence-electron chi connectivity index (χ0n) is 9.50. The molecule has 2 aromatic rings. The second-order valence-electron chi connectivity index (χ2n) is 4.18. The molecule has 0 saturated carbocycles. The Morgan fingerprint density at radius 2 is 1.82 bits per heavy atom. The van der Waals surface area contributed by atoms with Gasteiger partial charge in [0.25, 0.3) is 0 Å². The zero-order valence-corrected chi connectivity index (χ0v) is 9.50. The lowest BCUT2D eigenvalue weighted by Crippen LogP contribution is -2.18. The van der Waals surface area contributed by atoms with Crippen molar-refractivity contribution in [2.75, 3.05) is 4.90 Å². The van der Waals surface area contributed by atoms with Gasteiger partial charge in [0.15, 0.2) is 0 Å². The summed E-state index contributed by atoms with van der Waals surface area (Å²) in [4.78, 5) is 10.9. The molecule has 2 N–H and O–H groups in total. The first-order valence-corrected chi connectivity index (χ1v) is 5.70. The molecule has 0 amide bonds. The maximum absolute atomic E-state index is 5.59. The molecule has 1 aromatic heterocycles. The largest absolute Gasteiger partial charge is 0.332 e. The van der Waals surface area contributed by atoms with Gasteiger partial charge < -0.3 is 10.6 Å². The van der Waals surface area contributed by atoms with Crippen LogP contribution in [0.4, 0.5) is 5.95 Å². The predicted molar refractivity (Wildman–Crippen MR) is 66.3 cm³/mol. The maximum Gasteiger partial charge on any atom is 0.226 e. The van der Waals surface area contributed by atoms with Gasteiger partial charge in [-0.05, 0) is 17.2 Å². The number of nitrogens with two attached hydrogens (primary N) is 1. The molecular weight excluding hydrogens is 212 g/mol. The van der Waals surface area contributed by atoms with Crippen molar-refractivity contribution in [3.8, 4) is 0 Å². The molecule has 0 saturated heterocycles. The van der Waals surface area contributed by atoms with Crippen molar-refractivity contribution in [1.29, 1.82) is 0 Å². The molecule has 1 aromatic carbocycles. The fraction of sp³-hybridized carbons (Fsp3) is 0.231. The van der Waals surface area contributed by atoms with Gasteiger partial charge in [0, 0.05) is 25.8 Å². The lowest BCUT2D eigenvalue weighted by Gasteiger charge is -2.15. The third kappa shape index (κ3) is 1.87. The number of anilines is 1. The Morgan fingerprint density at radius 1 is 1.12 bits per heavy atom. The Bertz CT molecular complexity index is 513. The zero-order chi connectivity index (χ0) is 11.7. The van der Waals surface area contributed by atoms with Crippen LogP contribution in [-0.4, -0.2) is 9.97 Å². The van der Waals surface area contributed by atoms with Crippen LogP contribution in [0.15, 0.2) is 36.5 Å². The van der Waals surface area contributed by atoms with Crippen molar-refractivity contribution in [3.63, 3.8) is 0 Å². The van der Waals surface area contributed by atoms with Gasteiger partial charge in [-0.15, -0.1) is 0 Å². The Hall–Kier alpha value is -1.94. The minimum atomic E-state index is 0.455. The molecule has 0 unspecified atom stereocenters. The summed E-state index contributed by atoms with van der Waals surface area (Å²) in [5, 5.41) is 0. The Labute approximate surface area is 100 Å². The number of benzene rings is 1. The van der Waals surface area contributed by atoms with Gasteiger partial charge in [0.05, 0.1) is 5.69 Å². The summed E-state index contributed by atoms with van der Waals surface area (Å²) in [5.41, 5.74) is 9.18. The summed E-state index contributed by atoms with van der Waals surface area (Å²) >= 11 is 0. The van der Waals surface area contributed by atoms with Crippen molar-refractivity contribution >= 4 is 5.95 Å². The second kappa shape index (κ2) is 4.14. The molecule has 0 fully saturated rings. The molecule has 17 heavy (non-hydrogen) atoms. The molecule has 0 bridgehead atoms. The van der Waals surface area contributed by atoms with Crippen LogP contribution in [0.5, 0.6) is 0 Å². The Balaban J connectivity index is 1.88. The minimum Gasteiger partial charge on any atom is -0.332 e. The summed E-state index contributed by atoms with van der Waals surface area (Å²) in [6.07, 6.45) is 1.77. The summed E-state index contributed by atoms with van der Waals surface area (Å²) in [6.45, 7) is 2.21. The van der Waals surface area contributed by atoms with Gasteiger partial charge in [0.1, 0.15) is 0 Å². The highest BCUT2D eigenvalue weighted by molar-refractivity contribution is 5.43. The van der Waals surface area contributed by atoms with E-state index < -0.39 is 0 Å². The van der Waals surface area contributed by atoms with Crippen LogP contribution < -0.4 is 10.6 Å². The highest BCUT2D eigenvalue weighted by Crippen LogP contribution is 2.25. The molecule has 0 atom stereocenters. The number of fused-ring (bicyclic) bond motifs is 1. The standard InChI is InChI=1S/C13H14N4/c14-7-12-5-6-15-13(16-12)17-8-10-3-1-2-4-11(10)9-17/h1-6H,7-9,14H2. The quantitative estimate of drug-likeness (QED) is 0.842. The Morgan fingerprint density at radius 3 is 2.47 bits per heavy atom. The number of hydrogen-bond acceptors (Lipinski definition) is 4. The van der Waals surface area contributed by atoms with Gasteiger partial charge in [-0.3, -0.25) is 0 Å². The highest BCUT2D eigenvalue weighted by atomic mass is 15.3. The smallest absolute Gasteiger partial charge is 0.226 e. The van der Waals surface area contributed by atoms with Crippen molar-refractivity contribution in [2.24, 2.45) is 5.73 Å². The fourth-order valence-corrected chi connectivity index (χ4v) is 2.13. The first kappa shape index (κ1) is 10.2. The van der Waals surface area contributed by atoms with Crippen LogP contribution >= 0.6 is 0 Å². The van der Waals surface area contributed by atoms with Gasteiger partial charge in [-0.25, -0.2) is 9.97 Å². The molecule has 86 valence electrons. The van der Waals surface area contributed by atoms with E-state index >= 15 is 0 Å². The maximum atomic E-state index is 5.59. The van der Waals surface area contributed by atoms with Crippen molar-refractivity contribution in [1.82, 2.24) is 9.97 Å². The number of rotatable bonds is 2. The van der Waals surface area contributed by atoms with Gasteiger partial charge >= 0.3 is 0 Å². The molecule has 2 heterocycles. The summed E-state index contributed by atoms with van der Waals surface area (Å²) in [7, 11) is 0.